The van der Waals surface area contributed by atoms with Gasteiger partial charge in [-0.15, -0.1) is 0 Å². The van der Waals surface area contributed by atoms with Gasteiger partial charge in [-0.2, -0.15) is 0 Å². The minimum Gasteiger partial charge on any atom is -0.480 e. The van der Waals surface area contributed by atoms with E-state index in [0.717, 1.165) is 31.2 Å². The number of carboxylic acids is 1. The molecule has 0 radical (unpaired) electrons. The summed E-state index contributed by atoms with van der Waals surface area (Å²) in [6, 6.07) is 4.35. The Hall–Kier alpha value is -1.86. The zero-order valence-corrected chi connectivity index (χ0v) is 16.0. The van der Waals surface area contributed by atoms with Crippen LogP contribution < -0.4 is 10.6 Å². The molecule has 2 amide bonds. The first kappa shape index (κ1) is 19.9. The van der Waals surface area contributed by atoms with E-state index in [4.69, 9.17) is 16.7 Å². The second kappa shape index (κ2) is 8.44. The Morgan fingerprint density at radius 2 is 2.07 bits per heavy atom. The Morgan fingerprint density at radius 1 is 1.37 bits per heavy atom. The lowest BCUT2D eigenvalue weighted by Gasteiger charge is -2.42. The van der Waals surface area contributed by atoms with Gasteiger partial charge in [-0.1, -0.05) is 24.6 Å². The summed E-state index contributed by atoms with van der Waals surface area (Å²) in [5.74, 6) is -0.962. The minimum absolute atomic E-state index is 0.0230. The third kappa shape index (κ3) is 5.11. The van der Waals surface area contributed by atoms with Gasteiger partial charge in [-0.05, 0) is 55.8 Å². The molecule has 0 bridgehead atoms. The van der Waals surface area contributed by atoms with Crippen molar-refractivity contribution in [3.8, 4) is 0 Å². The average Bonchev–Trinajstić information content (AvgIpc) is 3.41. The van der Waals surface area contributed by atoms with Gasteiger partial charge in [-0.3, -0.25) is 9.69 Å². The van der Waals surface area contributed by atoms with Gasteiger partial charge in [0.2, 0.25) is 0 Å². The van der Waals surface area contributed by atoms with Gasteiger partial charge < -0.3 is 15.7 Å². The van der Waals surface area contributed by atoms with Gasteiger partial charge in [0, 0.05) is 12.1 Å². The van der Waals surface area contributed by atoms with Crippen LogP contribution in [0.15, 0.2) is 18.2 Å². The van der Waals surface area contributed by atoms with E-state index in [2.05, 4.69) is 10.6 Å². The van der Waals surface area contributed by atoms with Crippen LogP contribution in [0.5, 0.6) is 0 Å². The van der Waals surface area contributed by atoms with Crippen LogP contribution in [0.25, 0.3) is 0 Å². The Morgan fingerprint density at radius 3 is 2.63 bits per heavy atom. The summed E-state index contributed by atoms with van der Waals surface area (Å²) >= 11 is 5.88. The topological polar surface area (TPSA) is 81.7 Å². The van der Waals surface area contributed by atoms with Gasteiger partial charge in [0.05, 0.1) is 17.6 Å². The summed E-state index contributed by atoms with van der Waals surface area (Å²) in [7, 11) is 0. The number of nitrogens with one attached hydrogen (secondary N) is 2. The molecule has 3 rings (SSSR count). The molecule has 2 fully saturated rings. The molecule has 27 heavy (non-hydrogen) atoms. The highest BCUT2D eigenvalue weighted by molar-refractivity contribution is 6.30. The highest BCUT2D eigenvalue weighted by atomic mass is 35.5. The molecular formula is C19H25ClFN3O3. The molecule has 2 aliphatic carbocycles. The molecule has 1 aromatic rings. The molecule has 0 saturated heterocycles. The zero-order valence-electron chi connectivity index (χ0n) is 15.3. The summed E-state index contributed by atoms with van der Waals surface area (Å²) in [4.78, 5) is 25.2. The summed E-state index contributed by atoms with van der Waals surface area (Å²) in [6.07, 6.45) is 3.52. The van der Waals surface area contributed by atoms with E-state index in [1.54, 1.807) is 12.1 Å². The average molecular weight is 398 g/mol. The van der Waals surface area contributed by atoms with Crippen LogP contribution in [0.3, 0.4) is 0 Å². The first-order chi connectivity index (χ1) is 12.9. The second-order valence-electron chi connectivity index (χ2n) is 7.39. The third-order valence-electron chi connectivity index (χ3n) is 5.39. The Labute approximate surface area is 163 Å². The fourth-order valence-electron chi connectivity index (χ4n) is 3.65. The molecule has 2 saturated carbocycles. The maximum absolute atomic E-state index is 13.4. The first-order valence-electron chi connectivity index (χ1n) is 9.35. The summed E-state index contributed by atoms with van der Waals surface area (Å²) in [6.45, 7) is 2.63. The SMILES string of the molecule is CCN(CC(=O)O)C1CC(NC(=O)NC(c2ccc(F)c(Cl)c2)C2CC2)C1. The molecule has 148 valence electrons. The van der Waals surface area contributed by atoms with E-state index in [1.165, 1.54) is 6.07 Å². The van der Waals surface area contributed by atoms with Crippen molar-refractivity contribution in [3.63, 3.8) is 0 Å². The van der Waals surface area contributed by atoms with Crippen molar-refractivity contribution >= 4 is 23.6 Å². The van der Waals surface area contributed by atoms with Crippen LogP contribution >= 0.6 is 11.6 Å². The standard InChI is InChI=1S/C19H25ClFN3O3/c1-2-24(10-17(25)26)14-8-13(9-14)22-19(27)23-18(11-3-4-11)12-5-6-16(21)15(20)7-12/h5-7,11,13-14,18H,2-4,8-10H2,1H3,(H,25,26)(H2,22,23,27). The van der Waals surface area contributed by atoms with Crippen molar-refractivity contribution in [2.45, 2.75) is 50.7 Å². The number of carbonyl (C=O) groups is 2. The van der Waals surface area contributed by atoms with Crippen LogP contribution in [0.1, 0.15) is 44.2 Å². The van der Waals surface area contributed by atoms with E-state index in [9.17, 15) is 14.0 Å². The number of nitrogens with zero attached hydrogens (tertiary/aromatic N) is 1. The number of aliphatic carboxylic acids is 1. The summed E-state index contributed by atoms with van der Waals surface area (Å²) < 4.78 is 13.4. The number of carbonyl (C=O) groups excluding carboxylic acids is 1. The van der Waals surface area contributed by atoms with E-state index >= 15 is 0 Å². The van der Waals surface area contributed by atoms with Crippen LogP contribution in [-0.4, -0.2) is 47.2 Å². The Balaban J connectivity index is 1.51. The van der Waals surface area contributed by atoms with E-state index in [1.807, 2.05) is 11.8 Å². The predicted octanol–water partition coefficient (Wildman–Crippen LogP) is 3.17. The van der Waals surface area contributed by atoms with Crippen LogP contribution in [0.2, 0.25) is 5.02 Å². The van der Waals surface area contributed by atoms with Crippen molar-refractivity contribution in [3.05, 3.63) is 34.6 Å². The maximum atomic E-state index is 13.4. The lowest BCUT2D eigenvalue weighted by atomic mass is 9.85. The monoisotopic (exact) mass is 397 g/mol. The smallest absolute Gasteiger partial charge is 0.317 e. The fraction of sp³-hybridized carbons (Fsp3) is 0.579. The predicted molar refractivity (Wildman–Crippen MR) is 100 cm³/mol. The molecule has 0 heterocycles. The molecule has 1 unspecified atom stereocenters. The van der Waals surface area contributed by atoms with E-state index in [0.29, 0.717) is 12.5 Å². The lowest BCUT2D eigenvalue weighted by Crippen LogP contribution is -2.56. The number of likely N-dealkylation sites (N-methyl/N-ethyl adjacent to an activating group) is 1. The molecule has 0 spiro atoms. The lowest BCUT2D eigenvalue weighted by molar-refractivity contribution is -0.139. The molecule has 0 aromatic heterocycles. The quantitative estimate of drug-likeness (QED) is 0.629. The van der Waals surface area contributed by atoms with Gasteiger partial charge in [0.1, 0.15) is 5.82 Å². The summed E-state index contributed by atoms with van der Waals surface area (Å²) in [5, 5.41) is 14.9. The van der Waals surface area contributed by atoms with Crippen molar-refractivity contribution in [1.29, 1.82) is 0 Å². The number of halogens is 2. The third-order valence-corrected chi connectivity index (χ3v) is 5.68. The van der Waals surface area contributed by atoms with Gasteiger partial charge in [0.15, 0.2) is 0 Å². The number of urea groups is 1. The minimum atomic E-state index is -0.837. The molecule has 0 aliphatic heterocycles. The van der Waals surface area contributed by atoms with Gasteiger partial charge >= 0.3 is 12.0 Å². The fourth-order valence-corrected chi connectivity index (χ4v) is 3.84. The molecule has 2 aliphatic rings. The molecule has 8 heteroatoms. The number of hydrogen-bond donors (Lipinski definition) is 3. The number of rotatable bonds is 8. The van der Waals surface area contributed by atoms with Crippen LogP contribution in [0, 0.1) is 11.7 Å². The van der Waals surface area contributed by atoms with Crippen molar-refractivity contribution < 1.29 is 19.1 Å². The normalized spacial score (nSPS) is 22.8. The molecule has 1 atom stereocenters. The molecular weight excluding hydrogens is 373 g/mol. The van der Waals surface area contributed by atoms with E-state index in [-0.39, 0.29) is 35.7 Å². The second-order valence-corrected chi connectivity index (χ2v) is 7.79. The Bertz CT molecular complexity index is 707. The number of hydrogen-bond acceptors (Lipinski definition) is 3. The number of amides is 2. The molecule has 1 aromatic carbocycles. The highest BCUT2D eigenvalue weighted by Gasteiger charge is 2.37. The van der Waals surface area contributed by atoms with E-state index < -0.39 is 11.8 Å². The number of carboxylic acid groups (broad SMARTS) is 1. The van der Waals surface area contributed by atoms with Crippen molar-refractivity contribution in [1.82, 2.24) is 15.5 Å². The summed E-state index contributed by atoms with van der Waals surface area (Å²) in [5.41, 5.74) is 0.809. The van der Waals surface area contributed by atoms with Gasteiger partial charge in [-0.25, -0.2) is 9.18 Å². The van der Waals surface area contributed by atoms with Crippen LogP contribution in [0.4, 0.5) is 9.18 Å². The first-order valence-corrected chi connectivity index (χ1v) is 9.73. The highest BCUT2D eigenvalue weighted by Crippen LogP contribution is 2.41. The van der Waals surface area contributed by atoms with Gasteiger partial charge in [0.25, 0.3) is 0 Å². The molecule has 6 nitrogen and oxygen atoms in total. The van der Waals surface area contributed by atoms with Crippen molar-refractivity contribution in [2.24, 2.45) is 5.92 Å². The Kier molecular flexibility index (Phi) is 6.22. The van der Waals surface area contributed by atoms with Crippen molar-refractivity contribution in [2.75, 3.05) is 13.1 Å². The zero-order chi connectivity index (χ0) is 19.6. The largest absolute Gasteiger partial charge is 0.480 e. The maximum Gasteiger partial charge on any atom is 0.317 e. The molecule has 3 N–H and O–H groups in total. The van der Waals surface area contributed by atoms with Crippen LogP contribution in [-0.2, 0) is 4.79 Å². The number of benzene rings is 1.